The minimum Gasteiger partial charge on any atom is -0.455 e. The molecule has 0 unspecified atom stereocenters. The number of amides is 3. The molecular formula is C33H41N3O7. The molecule has 0 aromatic heterocycles. The number of nitrogens with one attached hydrogen (secondary N) is 1. The number of hydrogen-bond donors (Lipinski definition) is 2. The van der Waals surface area contributed by atoms with Crippen molar-refractivity contribution < 1.29 is 33.8 Å². The molecule has 0 radical (unpaired) electrons. The first kappa shape index (κ1) is 29.6. The van der Waals surface area contributed by atoms with Gasteiger partial charge in [0, 0.05) is 19.0 Å². The maximum absolute atomic E-state index is 14.5. The van der Waals surface area contributed by atoms with E-state index in [2.05, 4.69) is 5.32 Å². The maximum atomic E-state index is 14.5. The molecule has 10 nitrogen and oxygen atoms in total. The first-order chi connectivity index (χ1) is 20.9. The molecule has 1 saturated carbocycles. The van der Waals surface area contributed by atoms with Crippen LogP contribution < -0.4 is 5.32 Å². The fraction of sp³-hybridized carbons (Fsp3) is 0.576. The van der Waals surface area contributed by atoms with Gasteiger partial charge in [-0.05, 0) is 31.7 Å². The summed E-state index contributed by atoms with van der Waals surface area (Å²) in [6, 6.07) is 7.56. The van der Waals surface area contributed by atoms with Crippen LogP contribution in [-0.2, 0) is 28.7 Å². The molecule has 3 fully saturated rings. The Morgan fingerprint density at radius 1 is 1.05 bits per heavy atom. The summed E-state index contributed by atoms with van der Waals surface area (Å²) in [7, 11) is 0. The number of fused-ring (bicyclic) bond motifs is 2. The molecule has 0 bridgehead atoms. The van der Waals surface area contributed by atoms with E-state index in [4.69, 9.17) is 9.47 Å². The third-order valence-electron chi connectivity index (χ3n) is 9.77. The van der Waals surface area contributed by atoms with Crippen LogP contribution in [0.3, 0.4) is 0 Å². The molecule has 7 atom stereocenters. The molecule has 1 aromatic carbocycles. The first-order valence-corrected chi connectivity index (χ1v) is 15.6. The Labute approximate surface area is 252 Å². The lowest BCUT2D eigenvalue weighted by atomic mass is 9.77. The van der Waals surface area contributed by atoms with Crippen LogP contribution in [0.2, 0.25) is 0 Å². The number of nitrogens with zero attached hydrogens (tertiary/aromatic N) is 2. The maximum Gasteiger partial charge on any atom is 0.313 e. The fourth-order valence-corrected chi connectivity index (χ4v) is 7.65. The number of aliphatic hydroxyl groups excluding tert-OH is 1. The van der Waals surface area contributed by atoms with Gasteiger partial charge >= 0.3 is 5.97 Å². The molecule has 5 aliphatic rings. The van der Waals surface area contributed by atoms with E-state index in [0.29, 0.717) is 18.5 Å². The first-order valence-electron chi connectivity index (χ1n) is 15.6. The minimum absolute atomic E-state index is 0.0672. The molecule has 43 heavy (non-hydrogen) atoms. The molecule has 2 saturated heterocycles. The van der Waals surface area contributed by atoms with E-state index in [1.807, 2.05) is 47.4 Å². The van der Waals surface area contributed by atoms with Crippen molar-refractivity contribution in [3.63, 3.8) is 0 Å². The van der Waals surface area contributed by atoms with Crippen LogP contribution in [0.25, 0.3) is 0 Å². The Hall–Kier alpha value is -3.50. The van der Waals surface area contributed by atoms with Crippen LogP contribution in [0.15, 0.2) is 54.6 Å². The van der Waals surface area contributed by atoms with Crippen molar-refractivity contribution in [3.05, 3.63) is 60.2 Å². The Morgan fingerprint density at radius 2 is 1.81 bits per heavy atom. The van der Waals surface area contributed by atoms with Gasteiger partial charge in [-0.3, -0.25) is 19.2 Å². The van der Waals surface area contributed by atoms with Gasteiger partial charge in [-0.25, -0.2) is 0 Å². The normalized spacial score (nSPS) is 35.1. The van der Waals surface area contributed by atoms with E-state index in [1.54, 1.807) is 19.1 Å². The van der Waals surface area contributed by atoms with Gasteiger partial charge in [0.05, 0.1) is 31.2 Å². The fourth-order valence-electron chi connectivity index (χ4n) is 7.65. The summed E-state index contributed by atoms with van der Waals surface area (Å²) in [5.74, 6) is -3.44. The molecule has 230 valence electrons. The SMILES string of the molecule is C[C@H](CO)N1C(=O)[C@@H]2[C@H]3C(=O)O[C@H](c4ccccc4)CNC(=O)CC/C=C\[C@H]3O[C@@]23C=CCN(C2CCCCC2)C(=O)[C@@H]13. The van der Waals surface area contributed by atoms with E-state index < -0.39 is 53.6 Å². The van der Waals surface area contributed by atoms with Gasteiger partial charge in [-0.2, -0.15) is 0 Å². The minimum atomic E-state index is -1.41. The van der Waals surface area contributed by atoms with Crippen LogP contribution >= 0.6 is 0 Å². The van der Waals surface area contributed by atoms with E-state index in [9.17, 15) is 24.3 Å². The number of cyclic esters (lactones) is 1. The molecule has 1 aliphatic carbocycles. The third kappa shape index (κ3) is 5.29. The second kappa shape index (κ2) is 12.2. The van der Waals surface area contributed by atoms with Crippen molar-refractivity contribution in [2.45, 2.75) is 87.8 Å². The molecule has 4 aliphatic heterocycles. The highest BCUT2D eigenvalue weighted by molar-refractivity contribution is 5.99. The van der Waals surface area contributed by atoms with E-state index in [1.165, 1.54) is 4.90 Å². The van der Waals surface area contributed by atoms with Crippen molar-refractivity contribution in [1.82, 2.24) is 15.1 Å². The average Bonchev–Trinajstić information content (AvgIpc) is 3.42. The molecule has 3 amide bonds. The number of allylic oxidation sites excluding steroid dienone is 1. The monoisotopic (exact) mass is 591 g/mol. The van der Waals surface area contributed by atoms with Crippen LogP contribution in [0.5, 0.6) is 0 Å². The number of carbonyl (C=O) groups is 4. The zero-order valence-corrected chi connectivity index (χ0v) is 24.6. The summed E-state index contributed by atoms with van der Waals surface area (Å²) in [4.78, 5) is 58.9. The smallest absolute Gasteiger partial charge is 0.313 e. The summed E-state index contributed by atoms with van der Waals surface area (Å²) in [5.41, 5.74) is -0.691. The summed E-state index contributed by atoms with van der Waals surface area (Å²) in [5, 5.41) is 13.1. The van der Waals surface area contributed by atoms with Crippen LogP contribution in [-0.4, -0.2) is 88.1 Å². The van der Waals surface area contributed by atoms with Crippen LogP contribution in [0, 0.1) is 11.8 Å². The van der Waals surface area contributed by atoms with Crippen molar-refractivity contribution in [2.24, 2.45) is 11.8 Å². The highest BCUT2D eigenvalue weighted by Gasteiger charge is 2.72. The standard InChI is InChI=1S/C33H41N3O7/c1-21(20-37)36-29-31(40)35(23-13-6-3-7-14-23)18-10-17-33(29)28(30(36)39)27-24(43-33)15-8-9-16-26(38)34-19-25(42-32(27)41)22-11-4-2-5-12-22/h2,4-5,8,10-12,15,17,21,23-25,27-29,37H,3,6-7,9,13-14,16,18-20H2,1H3,(H,34,38)/b15-8-/t21-,24-,25+,27+,28+,29-,33+/m1/s1. The largest absolute Gasteiger partial charge is 0.455 e. The summed E-state index contributed by atoms with van der Waals surface area (Å²) in [6.45, 7) is 1.86. The number of esters is 1. The lowest BCUT2D eigenvalue weighted by Crippen LogP contribution is -2.59. The van der Waals surface area contributed by atoms with Crippen LogP contribution in [0.1, 0.15) is 63.5 Å². The number of hydrogen-bond acceptors (Lipinski definition) is 7. The lowest BCUT2D eigenvalue weighted by Gasteiger charge is -2.40. The zero-order chi connectivity index (χ0) is 30.1. The summed E-state index contributed by atoms with van der Waals surface area (Å²) in [6.07, 6.45) is 11.3. The third-order valence-corrected chi connectivity index (χ3v) is 9.77. The molecule has 2 N–H and O–H groups in total. The zero-order valence-electron chi connectivity index (χ0n) is 24.6. The van der Waals surface area contributed by atoms with E-state index >= 15 is 0 Å². The van der Waals surface area contributed by atoms with Gasteiger partial charge in [0.2, 0.25) is 17.7 Å². The van der Waals surface area contributed by atoms with Crippen LogP contribution in [0.4, 0.5) is 0 Å². The number of rotatable bonds is 4. The number of likely N-dealkylation sites (tertiary alicyclic amines) is 1. The quantitative estimate of drug-likeness (QED) is 0.407. The van der Waals surface area contributed by atoms with Gasteiger partial charge in [-0.1, -0.05) is 73.9 Å². The van der Waals surface area contributed by atoms with Crippen molar-refractivity contribution in [2.75, 3.05) is 19.7 Å². The second-order valence-electron chi connectivity index (χ2n) is 12.4. The molecular weight excluding hydrogens is 550 g/mol. The highest BCUT2D eigenvalue weighted by atomic mass is 16.6. The number of ether oxygens (including phenoxy) is 2. The highest BCUT2D eigenvalue weighted by Crippen LogP contribution is 2.54. The Kier molecular flexibility index (Phi) is 8.42. The molecule has 1 spiro atoms. The summed E-state index contributed by atoms with van der Waals surface area (Å²) < 4.78 is 12.8. The summed E-state index contributed by atoms with van der Waals surface area (Å²) >= 11 is 0. The van der Waals surface area contributed by atoms with Gasteiger partial charge < -0.3 is 29.7 Å². The molecule has 6 rings (SSSR count). The predicted molar refractivity (Wildman–Crippen MR) is 156 cm³/mol. The molecule has 1 aromatic rings. The van der Waals surface area contributed by atoms with Crippen molar-refractivity contribution in [1.29, 1.82) is 0 Å². The second-order valence-corrected chi connectivity index (χ2v) is 12.4. The Bertz CT molecular complexity index is 1290. The lowest BCUT2D eigenvalue weighted by molar-refractivity contribution is -0.160. The van der Waals surface area contributed by atoms with E-state index in [0.717, 1.165) is 32.1 Å². The topological polar surface area (TPSA) is 125 Å². The molecule has 10 heteroatoms. The van der Waals surface area contributed by atoms with Gasteiger partial charge in [0.25, 0.3) is 0 Å². The molecule has 4 heterocycles. The van der Waals surface area contributed by atoms with Gasteiger partial charge in [0.1, 0.15) is 23.7 Å². The predicted octanol–water partition coefficient (Wildman–Crippen LogP) is 2.43. The van der Waals surface area contributed by atoms with Crippen molar-refractivity contribution in [3.8, 4) is 0 Å². The van der Waals surface area contributed by atoms with E-state index in [-0.39, 0.29) is 37.4 Å². The number of carbonyl (C=O) groups excluding carboxylic acids is 4. The van der Waals surface area contributed by atoms with Gasteiger partial charge in [0.15, 0.2) is 0 Å². The number of aliphatic hydroxyl groups is 1. The van der Waals surface area contributed by atoms with Gasteiger partial charge in [-0.15, -0.1) is 0 Å². The Balaban J connectivity index is 1.41. The Morgan fingerprint density at radius 3 is 2.56 bits per heavy atom. The number of benzene rings is 1. The average molecular weight is 592 g/mol. The van der Waals surface area contributed by atoms with Crippen molar-refractivity contribution >= 4 is 23.7 Å².